The van der Waals surface area contributed by atoms with Crippen LogP contribution in [0.1, 0.15) is 29.1 Å². The molecule has 2 aromatic heterocycles. The van der Waals surface area contributed by atoms with Crippen LogP contribution < -0.4 is 10.6 Å². The van der Waals surface area contributed by atoms with Gasteiger partial charge >= 0.3 is 0 Å². The Morgan fingerprint density at radius 1 is 1.10 bits per heavy atom. The van der Waals surface area contributed by atoms with Gasteiger partial charge < -0.3 is 19.9 Å². The summed E-state index contributed by atoms with van der Waals surface area (Å²) in [6, 6.07) is 16.6. The lowest BCUT2D eigenvalue weighted by molar-refractivity contribution is 0.0937. The van der Waals surface area contributed by atoms with Gasteiger partial charge in [-0.3, -0.25) is 4.79 Å². The van der Waals surface area contributed by atoms with Crippen molar-refractivity contribution >= 4 is 28.6 Å². The highest BCUT2D eigenvalue weighted by molar-refractivity contribution is 5.95. The Balaban J connectivity index is 1.53. The number of ether oxygens (including phenoxy) is 1. The van der Waals surface area contributed by atoms with E-state index in [1.54, 1.807) is 37.7 Å². The van der Waals surface area contributed by atoms with E-state index >= 15 is 0 Å². The normalized spacial score (nSPS) is 11.9. The lowest BCUT2D eigenvalue weighted by Gasteiger charge is -2.16. The molecule has 8 nitrogen and oxygen atoms in total. The van der Waals surface area contributed by atoms with Crippen molar-refractivity contribution in [2.75, 3.05) is 19.0 Å². The molecule has 2 heterocycles. The molecule has 1 amide bonds. The smallest absolute Gasteiger partial charge is 0.251 e. The lowest BCUT2D eigenvalue weighted by Crippen LogP contribution is -2.29. The van der Waals surface area contributed by atoms with Crippen molar-refractivity contribution in [1.29, 1.82) is 0 Å². The number of rotatable bonds is 8. The highest BCUT2D eigenvalue weighted by atomic mass is 16.5. The molecular formula is C23H24N6O2. The molecule has 0 spiro atoms. The van der Waals surface area contributed by atoms with Gasteiger partial charge in [-0.05, 0) is 43.3 Å². The third-order valence-electron chi connectivity index (χ3n) is 4.88. The van der Waals surface area contributed by atoms with Gasteiger partial charge in [0, 0.05) is 37.3 Å². The minimum absolute atomic E-state index is 0.185. The summed E-state index contributed by atoms with van der Waals surface area (Å²) in [5, 5.41) is 6.16. The summed E-state index contributed by atoms with van der Waals surface area (Å²) in [5.41, 5.74) is 3.18. The molecule has 0 aliphatic heterocycles. The number of imidazole rings is 1. The molecule has 0 unspecified atom stereocenters. The SMILES string of the molecule is COCCn1c([C@H](C)NC(=O)c2cccc(Nc3ncccn3)c2)nc2ccccc21. The number of fused-ring (bicyclic) bond motifs is 1. The molecule has 4 rings (SSSR count). The lowest BCUT2D eigenvalue weighted by atomic mass is 10.1. The van der Waals surface area contributed by atoms with E-state index in [-0.39, 0.29) is 11.9 Å². The van der Waals surface area contributed by atoms with Crippen molar-refractivity contribution in [3.05, 3.63) is 78.4 Å². The Hall–Kier alpha value is -3.78. The fraction of sp³-hybridized carbons (Fsp3) is 0.217. The van der Waals surface area contributed by atoms with Crippen molar-refractivity contribution in [2.45, 2.75) is 19.5 Å². The summed E-state index contributed by atoms with van der Waals surface area (Å²) in [6.07, 6.45) is 3.31. The Bertz CT molecular complexity index is 1180. The molecule has 4 aromatic rings. The van der Waals surface area contributed by atoms with Crippen molar-refractivity contribution in [1.82, 2.24) is 24.8 Å². The average molecular weight is 416 g/mol. The van der Waals surface area contributed by atoms with Gasteiger partial charge in [0.2, 0.25) is 5.95 Å². The second-order valence-electron chi connectivity index (χ2n) is 7.08. The maximum Gasteiger partial charge on any atom is 0.251 e. The van der Waals surface area contributed by atoms with Gasteiger partial charge in [-0.1, -0.05) is 18.2 Å². The summed E-state index contributed by atoms with van der Waals surface area (Å²) in [4.78, 5) is 26.0. The van der Waals surface area contributed by atoms with Gasteiger partial charge in [-0.2, -0.15) is 0 Å². The number of hydrogen-bond acceptors (Lipinski definition) is 6. The molecule has 158 valence electrons. The fourth-order valence-corrected chi connectivity index (χ4v) is 3.42. The molecule has 1 atom stereocenters. The molecule has 2 N–H and O–H groups in total. The van der Waals surface area contributed by atoms with Crippen molar-refractivity contribution in [2.24, 2.45) is 0 Å². The zero-order valence-corrected chi connectivity index (χ0v) is 17.4. The van der Waals surface area contributed by atoms with Gasteiger partial charge in [0.05, 0.1) is 23.7 Å². The number of amides is 1. The van der Waals surface area contributed by atoms with E-state index in [1.165, 1.54) is 0 Å². The van der Waals surface area contributed by atoms with Crippen LogP contribution in [0, 0.1) is 0 Å². The highest BCUT2D eigenvalue weighted by Gasteiger charge is 2.19. The third-order valence-corrected chi connectivity index (χ3v) is 4.88. The van der Waals surface area contributed by atoms with Gasteiger partial charge in [-0.25, -0.2) is 15.0 Å². The predicted octanol–water partition coefficient (Wildman–Crippen LogP) is 3.71. The molecule has 0 saturated heterocycles. The predicted molar refractivity (Wildman–Crippen MR) is 119 cm³/mol. The van der Waals surface area contributed by atoms with E-state index in [9.17, 15) is 4.79 Å². The van der Waals surface area contributed by atoms with E-state index in [4.69, 9.17) is 9.72 Å². The average Bonchev–Trinajstić information content (AvgIpc) is 3.17. The quantitative estimate of drug-likeness (QED) is 0.455. The van der Waals surface area contributed by atoms with Gasteiger partial charge in [-0.15, -0.1) is 0 Å². The molecule has 31 heavy (non-hydrogen) atoms. The second kappa shape index (κ2) is 9.36. The zero-order valence-electron chi connectivity index (χ0n) is 17.4. The number of benzene rings is 2. The van der Waals surface area contributed by atoms with Crippen LogP contribution in [-0.4, -0.2) is 39.1 Å². The van der Waals surface area contributed by atoms with Crippen LogP contribution in [0.15, 0.2) is 67.0 Å². The standard InChI is InChI=1S/C23H24N6O2/c1-16(21-28-19-9-3-4-10-20(19)29(21)13-14-31-2)26-22(30)17-7-5-8-18(15-17)27-23-24-11-6-12-25-23/h3-12,15-16H,13-14H2,1-2H3,(H,26,30)(H,24,25,27)/t16-/m0/s1. The van der Waals surface area contributed by atoms with E-state index in [1.807, 2.05) is 43.3 Å². The minimum Gasteiger partial charge on any atom is -0.383 e. The van der Waals surface area contributed by atoms with Crippen LogP contribution in [0.3, 0.4) is 0 Å². The van der Waals surface area contributed by atoms with E-state index < -0.39 is 0 Å². The highest BCUT2D eigenvalue weighted by Crippen LogP contribution is 2.22. The number of nitrogens with one attached hydrogen (secondary N) is 2. The molecule has 8 heteroatoms. The zero-order chi connectivity index (χ0) is 21.6. The fourth-order valence-electron chi connectivity index (χ4n) is 3.42. The van der Waals surface area contributed by atoms with E-state index in [0.29, 0.717) is 24.7 Å². The molecule has 0 aliphatic rings. The molecule has 2 aromatic carbocycles. The molecule has 0 radical (unpaired) electrons. The van der Waals surface area contributed by atoms with Gasteiger partial charge in [0.15, 0.2) is 0 Å². The van der Waals surface area contributed by atoms with Crippen LogP contribution in [-0.2, 0) is 11.3 Å². The Kier molecular flexibility index (Phi) is 6.18. The summed E-state index contributed by atoms with van der Waals surface area (Å²) < 4.78 is 7.35. The topological polar surface area (TPSA) is 94.0 Å². The maximum atomic E-state index is 12.9. The van der Waals surface area contributed by atoms with Gasteiger partial charge in [0.1, 0.15) is 5.82 Å². The number of nitrogens with zero attached hydrogens (tertiary/aromatic N) is 4. The third kappa shape index (κ3) is 4.70. The summed E-state index contributed by atoms with van der Waals surface area (Å²) in [6.45, 7) is 3.15. The summed E-state index contributed by atoms with van der Waals surface area (Å²) in [7, 11) is 1.67. The molecular weight excluding hydrogens is 392 g/mol. The molecule has 0 bridgehead atoms. The van der Waals surface area contributed by atoms with Crippen LogP contribution in [0.25, 0.3) is 11.0 Å². The Morgan fingerprint density at radius 3 is 2.71 bits per heavy atom. The summed E-state index contributed by atoms with van der Waals surface area (Å²) >= 11 is 0. The van der Waals surface area contributed by atoms with Crippen LogP contribution >= 0.6 is 0 Å². The number of anilines is 2. The van der Waals surface area contributed by atoms with Crippen LogP contribution in [0.2, 0.25) is 0 Å². The molecule has 0 aliphatic carbocycles. The van der Waals surface area contributed by atoms with E-state index in [0.717, 1.165) is 22.5 Å². The minimum atomic E-state index is -0.286. The molecule has 0 saturated carbocycles. The van der Waals surface area contributed by atoms with Crippen LogP contribution in [0.5, 0.6) is 0 Å². The first kappa shape index (κ1) is 20.5. The van der Waals surface area contributed by atoms with Crippen LogP contribution in [0.4, 0.5) is 11.6 Å². The molecule has 0 fully saturated rings. The first-order valence-electron chi connectivity index (χ1n) is 10.0. The number of aromatic nitrogens is 4. The largest absolute Gasteiger partial charge is 0.383 e. The van der Waals surface area contributed by atoms with Gasteiger partial charge in [0.25, 0.3) is 5.91 Å². The first-order valence-corrected chi connectivity index (χ1v) is 10.0. The Morgan fingerprint density at radius 2 is 1.90 bits per heavy atom. The number of carbonyl (C=O) groups is 1. The maximum absolute atomic E-state index is 12.9. The second-order valence-corrected chi connectivity index (χ2v) is 7.08. The number of methoxy groups -OCH3 is 1. The summed E-state index contributed by atoms with van der Waals surface area (Å²) in [5.74, 6) is 1.08. The number of carbonyl (C=O) groups excluding carboxylic acids is 1. The van der Waals surface area contributed by atoms with Crippen molar-refractivity contribution < 1.29 is 9.53 Å². The van der Waals surface area contributed by atoms with Crippen molar-refractivity contribution in [3.63, 3.8) is 0 Å². The van der Waals surface area contributed by atoms with E-state index in [2.05, 4.69) is 25.2 Å². The van der Waals surface area contributed by atoms with Crippen molar-refractivity contribution in [3.8, 4) is 0 Å². The first-order chi connectivity index (χ1) is 15.2. The number of hydrogen-bond donors (Lipinski definition) is 2. The Labute approximate surface area is 180 Å². The number of para-hydroxylation sites is 2. The monoisotopic (exact) mass is 416 g/mol.